The van der Waals surface area contributed by atoms with Gasteiger partial charge in [0.1, 0.15) is 6.10 Å². The summed E-state index contributed by atoms with van der Waals surface area (Å²) >= 11 is 1.78. The zero-order chi connectivity index (χ0) is 22.3. The Bertz CT molecular complexity index is 1360. The van der Waals surface area contributed by atoms with Gasteiger partial charge in [0, 0.05) is 22.1 Å². The number of hydrogen-bond acceptors (Lipinski definition) is 5. The van der Waals surface area contributed by atoms with E-state index in [0.717, 1.165) is 0 Å². The summed E-state index contributed by atoms with van der Waals surface area (Å²) in [4.78, 5) is 1.24. The Kier molecular flexibility index (Phi) is 5.41. The molecule has 2 heterocycles. The molecular weight excluding hydrogens is 442 g/mol. The molecule has 0 amide bonds. The summed E-state index contributed by atoms with van der Waals surface area (Å²) in [5, 5.41) is 6.50. The third-order valence-corrected chi connectivity index (χ3v) is 7.94. The van der Waals surface area contributed by atoms with E-state index in [9.17, 15) is 8.42 Å². The number of hydrogen-bond donors (Lipinski definition) is 1. The van der Waals surface area contributed by atoms with Crippen molar-refractivity contribution in [3.05, 3.63) is 88.8 Å². The van der Waals surface area contributed by atoms with Crippen molar-refractivity contribution in [2.75, 3.05) is 6.61 Å². The molecule has 0 radical (unpaired) electrons. The van der Waals surface area contributed by atoms with Gasteiger partial charge in [0.25, 0.3) is 0 Å². The van der Waals surface area contributed by atoms with E-state index >= 15 is 0 Å². The lowest BCUT2D eigenvalue weighted by Gasteiger charge is -2.27. The lowest BCUT2D eigenvalue weighted by Crippen LogP contribution is -2.27. The molecule has 32 heavy (non-hydrogen) atoms. The highest BCUT2D eigenvalue weighted by Crippen LogP contribution is 2.42. The van der Waals surface area contributed by atoms with Crippen molar-refractivity contribution in [1.29, 1.82) is 0 Å². The Morgan fingerprint density at radius 2 is 1.78 bits per heavy atom. The van der Waals surface area contributed by atoms with Gasteiger partial charge in [0.05, 0.1) is 17.4 Å². The number of thiophene rings is 1. The second-order valence-electron chi connectivity index (χ2n) is 7.97. The van der Waals surface area contributed by atoms with E-state index in [1.54, 1.807) is 17.4 Å². The van der Waals surface area contributed by atoms with E-state index in [4.69, 9.17) is 14.6 Å². The zero-order valence-corrected chi connectivity index (χ0v) is 19.2. The van der Waals surface area contributed by atoms with Crippen LogP contribution in [-0.2, 0) is 10.0 Å². The van der Waals surface area contributed by atoms with Gasteiger partial charge < -0.3 is 9.47 Å². The smallest absolute Gasteiger partial charge is 0.238 e. The number of sulfonamides is 1. The van der Waals surface area contributed by atoms with Gasteiger partial charge in [0.15, 0.2) is 11.5 Å². The molecule has 164 valence electrons. The standard InChI is InChI=1S/C25H23NO4S2/c1-16-6-2-4-8-19(16)25(24-14-17-7-3-5-9-23(17)31-24)21-12-13-29-22-15-18(32(26,27)28)10-11-20(22)30-21/h2-11,14-15,21,25H,12-13H2,1H3,(H2,26,27,28)/t21?,25-/m1/s1. The van der Waals surface area contributed by atoms with Gasteiger partial charge in [-0.3, -0.25) is 0 Å². The average molecular weight is 466 g/mol. The van der Waals surface area contributed by atoms with Crippen LogP contribution in [0.1, 0.15) is 28.3 Å². The van der Waals surface area contributed by atoms with Crippen LogP contribution in [0.4, 0.5) is 0 Å². The quantitative estimate of drug-likeness (QED) is 0.448. The summed E-state index contributed by atoms with van der Waals surface area (Å²) in [7, 11) is -3.82. The molecule has 0 saturated carbocycles. The first-order chi connectivity index (χ1) is 15.4. The van der Waals surface area contributed by atoms with Gasteiger partial charge in [-0.15, -0.1) is 11.3 Å². The van der Waals surface area contributed by atoms with Gasteiger partial charge in [-0.05, 0) is 47.7 Å². The van der Waals surface area contributed by atoms with Gasteiger partial charge in [-0.25, -0.2) is 13.6 Å². The maximum absolute atomic E-state index is 11.8. The molecule has 3 aromatic carbocycles. The molecule has 1 aliphatic heterocycles. The number of benzene rings is 3. The summed E-state index contributed by atoms with van der Waals surface area (Å²) in [5.41, 5.74) is 2.42. The Balaban J connectivity index is 1.59. The topological polar surface area (TPSA) is 78.6 Å². The second-order valence-corrected chi connectivity index (χ2v) is 10.6. The van der Waals surface area contributed by atoms with Crippen LogP contribution in [0.2, 0.25) is 0 Å². The number of nitrogens with two attached hydrogens (primary N) is 1. The molecule has 7 heteroatoms. The monoisotopic (exact) mass is 465 g/mol. The Labute approximate surface area is 191 Å². The van der Waals surface area contributed by atoms with Crippen LogP contribution in [0.3, 0.4) is 0 Å². The number of ether oxygens (including phenoxy) is 2. The van der Waals surface area contributed by atoms with Gasteiger partial charge in [-0.2, -0.15) is 0 Å². The van der Waals surface area contributed by atoms with Gasteiger partial charge in [-0.1, -0.05) is 42.5 Å². The molecule has 0 spiro atoms. The normalized spacial score (nSPS) is 17.1. The van der Waals surface area contributed by atoms with Crippen molar-refractivity contribution < 1.29 is 17.9 Å². The Morgan fingerprint density at radius 3 is 2.56 bits per heavy atom. The van der Waals surface area contributed by atoms with Crippen LogP contribution in [0.15, 0.2) is 77.7 Å². The average Bonchev–Trinajstić information content (AvgIpc) is 3.07. The van der Waals surface area contributed by atoms with Crippen molar-refractivity contribution in [1.82, 2.24) is 0 Å². The van der Waals surface area contributed by atoms with E-state index in [1.165, 1.54) is 38.2 Å². The molecule has 2 N–H and O–H groups in total. The van der Waals surface area contributed by atoms with Crippen LogP contribution in [0.25, 0.3) is 10.1 Å². The van der Waals surface area contributed by atoms with E-state index in [0.29, 0.717) is 24.5 Å². The Morgan fingerprint density at radius 1 is 1.00 bits per heavy atom. The molecule has 5 rings (SSSR count). The van der Waals surface area contributed by atoms with Gasteiger partial charge in [0.2, 0.25) is 10.0 Å². The van der Waals surface area contributed by atoms with Crippen LogP contribution in [0.5, 0.6) is 11.5 Å². The van der Waals surface area contributed by atoms with Gasteiger partial charge >= 0.3 is 0 Å². The molecule has 0 aliphatic carbocycles. The fraction of sp³-hybridized carbons (Fsp3) is 0.200. The summed E-state index contributed by atoms with van der Waals surface area (Å²) in [6, 6.07) is 23.5. The predicted octanol–water partition coefficient (Wildman–Crippen LogP) is 5.22. The van der Waals surface area contributed by atoms with Crippen molar-refractivity contribution in [2.24, 2.45) is 5.14 Å². The first-order valence-electron chi connectivity index (χ1n) is 10.4. The number of rotatable bonds is 4. The minimum atomic E-state index is -3.82. The van der Waals surface area contributed by atoms with Crippen molar-refractivity contribution >= 4 is 31.4 Å². The first-order valence-corrected chi connectivity index (χ1v) is 12.8. The van der Waals surface area contributed by atoms with Crippen LogP contribution in [-0.4, -0.2) is 21.1 Å². The minimum Gasteiger partial charge on any atom is -0.490 e. The lowest BCUT2D eigenvalue weighted by atomic mass is 9.87. The van der Waals surface area contributed by atoms with Crippen molar-refractivity contribution in [3.8, 4) is 11.5 Å². The molecular formula is C25H23NO4S2. The fourth-order valence-corrected chi connectivity index (χ4v) is 6.01. The third-order valence-electron chi connectivity index (χ3n) is 5.83. The third kappa shape index (κ3) is 3.99. The molecule has 4 aromatic rings. The van der Waals surface area contributed by atoms with Crippen molar-refractivity contribution in [3.63, 3.8) is 0 Å². The van der Waals surface area contributed by atoms with Crippen LogP contribution >= 0.6 is 11.3 Å². The summed E-state index contributed by atoms with van der Waals surface area (Å²) in [5.74, 6) is 0.944. The highest BCUT2D eigenvalue weighted by Gasteiger charge is 2.32. The molecule has 1 aliphatic rings. The lowest BCUT2D eigenvalue weighted by molar-refractivity contribution is 0.174. The minimum absolute atomic E-state index is 0.0123. The maximum atomic E-state index is 11.8. The molecule has 0 saturated heterocycles. The molecule has 0 bridgehead atoms. The molecule has 5 nitrogen and oxygen atoms in total. The molecule has 1 aromatic heterocycles. The summed E-state index contributed by atoms with van der Waals surface area (Å²) < 4.78 is 37.1. The zero-order valence-electron chi connectivity index (χ0n) is 17.5. The predicted molar refractivity (Wildman–Crippen MR) is 127 cm³/mol. The van der Waals surface area contributed by atoms with Crippen LogP contribution < -0.4 is 14.6 Å². The number of fused-ring (bicyclic) bond motifs is 2. The molecule has 0 fully saturated rings. The number of primary sulfonamides is 1. The van der Waals surface area contributed by atoms with Crippen molar-refractivity contribution in [2.45, 2.75) is 30.3 Å². The SMILES string of the molecule is Cc1ccccc1[C@@H](c1cc2ccccc2s1)C1CCOc2cc(S(N)(=O)=O)ccc2O1. The largest absolute Gasteiger partial charge is 0.490 e. The van der Waals surface area contributed by atoms with E-state index in [-0.39, 0.29) is 16.9 Å². The number of aryl methyl sites for hydroxylation is 1. The maximum Gasteiger partial charge on any atom is 0.238 e. The van der Waals surface area contributed by atoms with Crippen LogP contribution in [0, 0.1) is 6.92 Å². The fourth-order valence-electron chi connectivity index (χ4n) is 4.25. The van der Waals surface area contributed by atoms with E-state index in [2.05, 4.69) is 55.5 Å². The summed E-state index contributed by atoms with van der Waals surface area (Å²) in [6.45, 7) is 2.54. The molecule has 1 unspecified atom stereocenters. The van der Waals surface area contributed by atoms with E-state index in [1.807, 2.05) is 6.07 Å². The first kappa shape index (κ1) is 21.0. The second kappa shape index (κ2) is 8.24. The molecule has 2 atom stereocenters. The highest BCUT2D eigenvalue weighted by molar-refractivity contribution is 7.89. The van der Waals surface area contributed by atoms with E-state index < -0.39 is 10.0 Å². The Hall–Kier alpha value is -2.87. The summed E-state index contributed by atoms with van der Waals surface area (Å²) in [6.07, 6.45) is 0.484. The highest BCUT2D eigenvalue weighted by atomic mass is 32.2.